The fourth-order valence-electron chi connectivity index (χ4n) is 1.18. The van der Waals surface area contributed by atoms with E-state index >= 15 is 0 Å². The molecule has 0 bridgehead atoms. The summed E-state index contributed by atoms with van der Waals surface area (Å²) in [4.78, 5) is 15.7. The topological polar surface area (TPSA) is 81.2 Å². The van der Waals surface area contributed by atoms with Crippen molar-refractivity contribution in [1.29, 1.82) is 0 Å². The first-order chi connectivity index (χ1) is 7.45. The highest BCUT2D eigenvalue weighted by Crippen LogP contribution is 2.28. The van der Waals surface area contributed by atoms with Crippen LogP contribution in [-0.4, -0.2) is 16.1 Å². The fraction of sp³-hybridized carbons (Fsp3) is 0.600. The summed E-state index contributed by atoms with van der Waals surface area (Å²) in [6.07, 6.45) is 0. The van der Waals surface area contributed by atoms with Crippen molar-refractivity contribution in [3.05, 3.63) is 11.5 Å². The number of carbonyl (C=O) groups excluding carboxylic acids is 1. The second kappa shape index (κ2) is 5.36. The summed E-state index contributed by atoms with van der Waals surface area (Å²) in [5.41, 5.74) is 3.00. The van der Waals surface area contributed by atoms with E-state index < -0.39 is 0 Å². The quantitative estimate of drug-likeness (QED) is 0.361. The number of aryl methyl sites for hydroxylation is 2. The average Bonchev–Trinajstić information content (AvgIpc) is 2.53. The summed E-state index contributed by atoms with van der Waals surface area (Å²) < 4.78 is 5.42. The highest BCUT2D eigenvalue weighted by molar-refractivity contribution is 8.00. The first-order valence-electron chi connectivity index (χ1n) is 5.06. The minimum Gasteiger partial charge on any atom is -0.437 e. The number of rotatable bonds is 4. The van der Waals surface area contributed by atoms with Gasteiger partial charge in [-0.25, -0.2) is 10.8 Å². The minimum absolute atomic E-state index is 0.154. The van der Waals surface area contributed by atoms with Gasteiger partial charge in [-0.3, -0.25) is 10.2 Å². The molecule has 0 spiro atoms. The van der Waals surface area contributed by atoms with Crippen molar-refractivity contribution < 1.29 is 9.21 Å². The molecule has 1 aromatic rings. The zero-order valence-corrected chi connectivity index (χ0v) is 10.7. The number of hydrogen-bond donors (Lipinski definition) is 2. The van der Waals surface area contributed by atoms with Crippen molar-refractivity contribution in [2.75, 3.05) is 0 Å². The molecule has 0 aliphatic carbocycles. The van der Waals surface area contributed by atoms with Gasteiger partial charge in [-0.1, -0.05) is 25.6 Å². The molecule has 0 radical (unpaired) electrons. The van der Waals surface area contributed by atoms with Gasteiger partial charge in [0, 0.05) is 0 Å². The molecule has 0 saturated carbocycles. The molecule has 0 aliphatic heterocycles. The van der Waals surface area contributed by atoms with Gasteiger partial charge in [-0.2, -0.15) is 0 Å². The maximum Gasteiger partial charge on any atom is 0.256 e. The molecule has 5 nitrogen and oxygen atoms in total. The molecule has 1 heterocycles. The predicted octanol–water partition coefficient (Wildman–Crippen LogP) is 1.40. The Morgan fingerprint density at radius 1 is 1.50 bits per heavy atom. The molecule has 0 aromatic carbocycles. The largest absolute Gasteiger partial charge is 0.437 e. The Morgan fingerprint density at radius 2 is 2.12 bits per heavy atom. The molecule has 1 rings (SSSR count). The third-order valence-corrected chi connectivity index (χ3v) is 3.63. The maximum atomic E-state index is 11.5. The van der Waals surface area contributed by atoms with Gasteiger partial charge in [-0.05, 0) is 19.8 Å². The van der Waals surface area contributed by atoms with Gasteiger partial charge in [0.2, 0.25) is 5.91 Å². The van der Waals surface area contributed by atoms with Crippen LogP contribution in [0, 0.1) is 19.8 Å². The van der Waals surface area contributed by atoms with E-state index in [9.17, 15) is 4.79 Å². The van der Waals surface area contributed by atoms with Crippen LogP contribution >= 0.6 is 11.8 Å². The van der Waals surface area contributed by atoms with Crippen LogP contribution in [0.5, 0.6) is 0 Å². The SMILES string of the molecule is Cc1nc(SC(C(=O)NN)C(C)C)oc1C. The van der Waals surface area contributed by atoms with Gasteiger partial charge in [0.05, 0.1) is 10.9 Å². The lowest BCUT2D eigenvalue weighted by Crippen LogP contribution is -2.39. The van der Waals surface area contributed by atoms with E-state index in [1.165, 1.54) is 11.8 Å². The second-order valence-electron chi connectivity index (χ2n) is 3.91. The van der Waals surface area contributed by atoms with Crippen LogP contribution in [0.25, 0.3) is 0 Å². The number of hydrazine groups is 1. The molecule has 1 unspecified atom stereocenters. The van der Waals surface area contributed by atoms with E-state index in [1.807, 2.05) is 27.7 Å². The van der Waals surface area contributed by atoms with Crippen LogP contribution in [0.1, 0.15) is 25.3 Å². The lowest BCUT2D eigenvalue weighted by atomic mass is 10.1. The van der Waals surface area contributed by atoms with Crippen molar-refractivity contribution in [2.45, 2.75) is 38.2 Å². The Kier molecular flexibility index (Phi) is 4.37. The van der Waals surface area contributed by atoms with Gasteiger partial charge in [-0.15, -0.1) is 0 Å². The molecule has 1 aromatic heterocycles. The third-order valence-electron chi connectivity index (χ3n) is 2.24. The summed E-state index contributed by atoms with van der Waals surface area (Å²) in [5.74, 6) is 5.85. The normalized spacial score (nSPS) is 12.9. The van der Waals surface area contributed by atoms with Crippen molar-refractivity contribution in [2.24, 2.45) is 11.8 Å². The van der Waals surface area contributed by atoms with E-state index in [2.05, 4.69) is 10.4 Å². The number of hydrogen-bond acceptors (Lipinski definition) is 5. The zero-order valence-electron chi connectivity index (χ0n) is 9.90. The Bertz CT molecular complexity index is 357. The maximum absolute atomic E-state index is 11.5. The van der Waals surface area contributed by atoms with Gasteiger partial charge in [0.15, 0.2) is 0 Å². The number of aromatic nitrogens is 1. The van der Waals surface area contributed by atoms with Crippen LogP contribution in [0.15, 0.2) is 9.64 Å². The molecule has 1 atom stereocenters. The first kappa shape index (κ1) is 13.1. The van der Waals surface area contributed by atoms with E-state index in [1.54, 1.807) is 0 Å². The van der Waals surface area contributed by atoms with Crippen LogP contribution in [-0.2, 0) is 4.79 Å². The minimum atomic E-state index is -0.289. The summed E-state index contributed by atoms with van der Waals surface area (Å²) in [7, 11) is 0. The third kappa shape index (κ3) is 2.99. The Labute approximate surface area is 99.1 Å². The smallest absolute Gasteiger partial charge is 0.256 e. The number of carbonyl (C=O) groups is 1. The van der Waals surface area contributed by atoms with Crippen molar-refractivity contribution in [3.63, 3.8) is 0 Å². The molecule has 3 N–H and O–H groups in total. The van der Waals surface area contributed by atoms with Crippen LogP contribution in [0.3, 0.4) is 0 Å². The monoisotopic (exact) mass is 243 g/mol. The Hall–Kier alpha value is -1.01. The lowest BCUT2D eigenvalue weighted by Gasteiger charge is -2.16. The van der Waals surface area contributed by atoms with E-state index in [0.717, 1.165) is 11.5 Å². The number of nitrogens with zero attached hydrogens (tertiary/aromatic N) is 1. The van der Waals surface area contributed by atoms with Gasteiger partial charge in [0.1, 0.15) is 5.76 Å². The molecule has 0 aliphatic rings. The second-order valence-corrected chi connectivity index (χ2v) is 5.01. The van der Waals surface area contributed by atoms with E-state index in [0.29, 0.717) is 5.22 Å². The van der Waals surface area contributed by atoms with Gasteiger partial charge >= 0.3 is 0 Å². The van der Waals surface area contributed by atoms with Crippen molar-refractivity contribution >= 4 is 17.7 Å². The zero-order chi connectivity index (χ0) is 12.3. The molecule has 1 amide bonds. The highest BCUT2D eigenvalue weighted by Gasteiger charge is 2.25. The van der Waals surface area contributed by atoms with E-state index in [-0.39, 0.29) is 17.1 Å². The summed E-state index contributed by atoms with van der Waals surface area (Å²) in [6.45, 7) is 7.63. The van der Waals surface area contributed by atoms with Crippen LogP contribution < -0.4 is 11.3 Å². The summed E-state index contributed by atoms with van der Waals surface area (Å²) in [5, 5.41) is 0.222. The van der Waals surface area contributed by atoms with Crippen molar-refractivity contribution in [3.8, 4) is 0 Å². The van der Waals surface area contributed by atoms with Crippen LogP contribution in [0.2, 0.25) is 0 Å². The lowest BCUT2D eigenvalue weighted by molar-refractivity contribution is -0.121. The number of amides is 1. The van der Waals surface area contributed by atoms with E-state index in [4.69, 9.17) is 10.3 Å². The van der Waals surface area contributed by atoms with Crippen molar-refractivity contribution in [1.82, 2.24) is 10.4 Å². The first-order valence-corrected chi connectivity index (χ1v) is 5.94. The average molecular weight is 243 g/mol. The van der Waals surface area contributed by atoms with Gasteiger partial charge < -0.3 is 4.42 Å². The highest BCUT2D eigenvalue weighted by atomic mass is 32.2. The number of nitrogens with one attached hydrogen (secondary N) is 1. The number of nitrogens with two attached hydrogens (primary N) is 1. The summed E-state index contributed by atoms with van der Waals surface area (Å²) >= 11 is 1.29. The fourth-order valence-corrected chi connectivity index (χ4v) is 2.20. The molecule has 16 heavy (non-hydrogen) atoms. The Balaban J connectivity index is 2.79. The van der Waals surface area contributed by atoms with Gasteiger partial charge in [0.25, 0.3) is 5.22 Å². The molecular weight excluding hydrogens is 226 g/mol. The standard InChI is InChI=1S/C10H17N3O2S/c1-5(2)8(9(14)13-11)16-10-12-6(3)7(4)15-10/h5,8H,11H2,1-4H3,(H,13,14). The molecule has 0 saturated heterocycles. The predicted molar refractivity (Wildman–Crippen MR) is 62.8 cm³/mol. The van der Waals surface area contributed by atoms with Crippen LogP contribution in [0.4, 0.5) is 0 Å². The molecule has 6 heteroatoms. The number of oxazole rings is 1. The molecule has 90 valence electrons. The molecule has 0 fully saturated rings. The molecular formula is C10H17N3O2S. The number of thioether (sulfide) groups is 1. The Morgan fingerprint density at radius 3 is 2.50 bits per heavy atom. The summed E-state index contributed by atoms with van der Waals surface area (Å²) in [6, 6.07) is 0.